The van der Waals surface area contributed by atoms with E-state index in [1.807, 2.05) is 6.92 Å². The van der Waals surface area contributed by atoms with Crippen molar-refractivity contribution in [3.8, 4) is 0 Å². The normalized spacial score (nSPS) is 15.1. The Morgan fingerprint density at radius 2 is 2.10 bits per heavy atom. The largest absolute Gasteiger partial charge is 0.315 e. The van der Waals surface area contributed by atoms with Gasteiger partial charge in [-0.1, -0.05) is 0 Å². The molecule has 0 rings (SSSR count). The summed E-state index contributed by atoms with van der Waals surface area (Å²) in [7, 11) is -1.52. The van der Waals surface area contributed by atoms with Crippen molar-refractivity contribution in [3.05, 3.63) is 0 Å². The van der Waals surface area contributed by atoms with Crippen LogP contribution in [-0.4, -0.2) is 34.4 Å². The zero-order valence-electron chi connectivity index (χ0n) is 6.42. The van der Waals surface area contributed by atoms with E-state index >= 15 is 0 Å². The Bertz CT molecular complexity index is 175. The van der Waals surface area contributed by atoms with E-state index in [1.165, 1.54) is 0 Å². The van der Waals surface area contributed by atoms with E-state index in [4.69, 9.17) is 0 Å². The first-order chi connectivity index (χ1) is 4.45. The van der Waals surface area contributed by atoms with Crippen molar-refractivity contribution in [2.75, 3.05) is 19.9 Å². The third-order valence-corrected chi connectivity index (χ3v) is 1.59. The molecular weight excluding hydrogens is 154 g/mol. The number of nitrogens with one attached hydrogen (secondary N) is 1. The Kier molecular flexibility index (Phi) is 3.85. The lowest BCUT2D eigenvalue weighted by Gasteiger charge is -2.07. The third-order valence-electron chi connectivity index (χ3n) is 1.02. The molecule has 0 saturated heterocycles. The van der Waals surface area contributed by atoms with Crippen LogP contribution in [0.25, 0.3) is 0 Å². The Labute approximate surface area is 61.7 Å². The van der Waals surface area contributed by atoms with Crippen molar-refractivity contribution in [1.29, 1.82) is 0 Å². The van der Waals surface area contributed by atoms with Crippen LogP contribution in [0, 0.1) is 0 Å². The van der Waals surface area contributed by atoms with Gasteiger partial charge in [-0.05, 0) is 14.0 Å². The van der Waals surface area contributed by atoms with Crippen LogP contribution in [0.3, 0.4) is 0 Å². The Balaban J connectivity index is 3.56. The molecule has 0 aromatic heterocycles. The fourth-order valence-corrected chi connectivity index (χ4v) is 0.760. The predicted octanol–water partition coefficient (Wildman–Crippen LogP) is -0.429. The van der Waals surface area contributed by atoms with Gasteiger partial charge in [0.05, 0.1) is 12.9 Å². The number of rotatable bonds is 4. The average Bonchev–Trinajstić information content (AvgIpc) is 1.81. The molecule has 5 heteroatoms. The molecule has 62 valence electrons. The highest BCUT2D eigenvalue weighted by molar-refractivity contribution is 7.85. The van der Waals surface area contributed by atoms with Crippen LogP contribution in [0.4, 0.5) is 0 Å². The summed E-state index contributed by atoms with van der Waals surface area (Å²) in [6.07, 6.45) is 1.04. The molecule has 1 N–H and O–H groups in total. The fourth-order valence-electron chi connectivity index (χ4n) is 0.309. The Morgan fingerprint density at radius 1 is 1.60 bits per heavy atom. The molecule has 4 nitrogen and oxygen atoms in total. The van der Waals surface area contributed by atoms with Gasteiger partial charge in [0.25, 0.3) is 10.1 Å². The van der Waals surface area contributed by atoms with Gasteiger partial charge in [0.2, 0.25) is 0 Å². The molecule has 0 aliphatic heterocycles. The lowest BCUT2D eigenvalue weighted by atomic mass is 10.4. The smallest absolute Gasteiger partial charge is 0.264 e. The lowest BCUT2D eigenvalue weighted by molar-refractivity contribution is 0.286. The van der Waals surface area contributed by atoms with E-state index in [2.05, 4.69) is 9.50 Å². The molecule has 0 amide bonds. The van der Waals surface area contributed by atoms with Crippen molar-refractivity contribution in [1.82, 2.24) is 5.32 Å². The minimum atomic E-state index is -3.27. The van der Waals surface area contributed by atoms with Gasteiger partial charge < -0.3 is 5.32 Å². The summed E-state index contributed by atoms with van der Waals surface area (Å²) in [5.74, 6) is 0. The number of hydrogen-bond donors (Lipinski definition) is 1. The van der Waals surface area contributed by atoms with Crippen LogP contribution >= 0.6 is 0 Å². The maximum Gasteiger partial charge on any atom is 0.264 e. The molecular formula is C5H13NO3S. The maximum absolute atomic E-state index is 10.4. The fraction of sp³-hybridized carbons (Fsp3) is 1.00. The molecule has 0 saturated carbocycles. The zero-order chi connectivity index (χ0) is 8.20. The lowest BCUT2D eigenvalue weighted by Crippen LogP contribution is -2.27. The van der Waals surface area contributed by atoms with Crippen molar-refractivity contribution in [2.24, 2.45) is 0 Å². The first-order valence-corrected chi connectivity index (χ1v) is 4.79. The highest BCUT2D eigenvalue weighted by atomic mass is 32.2. The summed E-state index contributed by atoms with van der Waals surface area (Å²) in [4.78, 5) is 0. The van der Waals surface area contributed by atoms with Crippen molar-refractivity contribution < 1.29 is 12.6 Å². The maximum atomic E-state index is 10.4. The Morgan fingerprint density at radius 3 is 2.40 bits per heavy atom. The number of hydrogen-bond acceptors (Lipinski definition) is 4. The van der Waals surface area contributed by atoms with Gasteiger partial charge in [-0.25, -0.2) is 0 Å². The van der Waals surface area contributed by atoms with E-state index in [0.717, 1.165) is 6.26 Å². The van der Waals surface area contributed by atoms with E-state index in [-0.39, 0.29) is 12.6 Å². The summed E-state index contributed by atoms with van der Waals surface area (Å²) in [6.45, 7) is 2.03. The second kappa shape index (κ2) is 3.90. The summed E-state index contributed by atoms with van der Waals surface area (Å²) < 4.78 is 25.3. The van der Waals surface area contributed by atoms with Gasteiger partial charge in [-0.15, -0.1) is 0 Å². The molecule has 1 atom stereocenters. The first kappa shape index (κ1) is 9.87. The van der Waals surface area contributed by atoms with Crippen LogP contribution in [0.5, 0.6) is 0 Å². The molecule has 0 aromatic rings. The van der Waals surface area contributed by atoms with Gasteiger partial charge in [0.15, 0.2) is 0 Å². The van der Waals surface area contributed by atoms with Crippen LogP contribution in [-0.2, 0) is 14.3 Å². The molecule has 0 unspecified atom stereocenters. The molecule has 0 heterocycles. The SMILES string of the molecule is CN[C@@H](C)COS(C)(=O)=O. The van der Waals surface area contributed by atoms with Crippen molar-refractivity contribution in [2.45, 2.75) is 13.0 Å². The summed E-state index contributed by atoms with van der Waals surface area (Å²) >= 11 is 0. The second-order valence-corrected chi connectivity index (χ2v) is 3.82. The van der Waals surface area contributed by atoms with E-state index in [1.54, 1.807) is 7.05 Å². The van der Waals surface area contributed by atoms with Gasteiger partial charge in [-0.2, -0.15) is 8.42 Å². The van der Waals surface area contributed by atoms with E-state index in [0.29, 0.717) is 0 Å². The second-order valence-electron chi connectivity index (χ2n) is 2.18. The van der Waals surface area contributed by atoms with Gasteiger partial charge >= 0.3 is 0 Å². The van der Waals surface area contributed by atoms with Crippen LogP contribution in [0.15, 0.2) is 0 Å². The molecule has 0 spiro atoms. The van der Waals surface area contributed by atoms with Crippen molar-refractivity contribution >= 4 is 10.1 Å². The molecule has 0 aliphatic carbocycles. The predicted molar refractivity (Wildman–Crippen MR) is 39.3 cm³/mol. The molecule has 0 aliphatic rings. The van der Waals surface area contributed by atoms with Crippen LogP contribution in [0.1, 0.15) is 6.92 Å². The first-order valence-electron chi connectivity index (χ1n) is 2.97. The van der Waals surface area contributed by atoms with E-state index < -0.39 is 10.1 Å². The van der Waals surface area contributed by atoms with Gasteiger partial charge in [0.1, 0.15) is 0 Å². The van der Waals surface area contributed by atoms with Crippen LogP contribution in [0.2, 0.25) is 0 Å². The third kappa shape index (κ3) is 6.00. The molecule has 10 heavy (non-hydrogen) atoms. The minimum absolute atomic E-state index is 0.0646. The average molecular weight is 167 g/mol. The Hall–Kier alpha value is -0.130. The van der Waals surface area contributed by atoms with Gasteiger partial charge in [0, 0.05) is 6.04 Å². The van der Waals surface area contributed by atoms with Crippen molar-refractivity contribution in [3.63, 3.8) is 0 Å². The highest BCUT2D eigenvalue weighted by Gasteiger charge is 2.04. The highest BCUT2D eigenvalue weighted by Crippen LogP contribution is 1.88. The monoisotopic (exact) mass is 167 g/mol. The molecule has 0 aromatic carbocycles. The molecule has 0 fully saturated rings. The zero-order valence-corrected chi connectivity index (χ0v) is 7.23. The summed E-state index contributed by atoms with van der Waals surface area (Å²) in [6, 6.07) is 0.0646. The molecule has 0 radical (unpaired) electrons. The summed E-state index contributed by atoms with van der Waals surface area (Å²) in [5, 5.41) is 2.85. The van der Waals surface area contributed by atoms with E-state index in [9.17, 15) is 8.42 Å². The minimum Gasteiger partial charge on any atom is -0.315 e. The quantitative estimate of drug-likeness (QED) is 0.577. The van der Waals surface area contributed by atoms with Gasteiger partial charge in [-0.3, -0.25) is 4.18 Å². The standard InChI is InChI=1S/C5H13NO3S/c1-5(6-2)4-9-10(3,7)8/h5-6H,4H2,1-3H3/t5-/m0/s1. The topological polar surface area (TPSA) is 55.4 Å². The summed E-state index contributed by atoms with van der Waals surface area (Å²) in [5.41, 5.74) is 0. The van der Waals surface area contributed by atoms with Crippen LogP contribution < -0.4 is 5.32 Å². The molecule has 0 bridgehead atoms. The number of likely N-dealkylation sites (N-methyl/N-ethyl adjacent to an activating group) is 1.